The maximum atomic E-state index is 5.39. The summed E-state index contributed by atoms with van der Waals surface area (Å²) in [4.78, 5) is 0. The molecule has 0 unspecified atom stereocenters. The molecule has 0 radical (unpaired) electrons. The third kappa shape index (κ3) is 6.04. The van der Waals surface area contributed by atoms with E-state index in [1.165, 1.54) is 0 Å². The molecule has 0 fully saturated rings. The largest absolute Gasteiger partial charge is 0.382 e. The highest BCUT2D eigenvalue weighted by Gasteiger charge is 2.04. The van der Waals surface area contributed by atoms with E-state index < -0.39 is 0 Å². The first kappa shape index (κ1) is 15.0. The topological polar surface area (TPSA) is 74.1 Å². The van der Waals surface area contributed by atoms with Crippen LogP contribution < -0.4 is 5.32 Å². The first-order chi connectivity index (χ1) is 8.88. The van der Waals surface area contributed by atoms with Gasteiger partial charge in [-0.05, 0) is 29.8 Å². The van der Waals surface area contributed by atoms with Gasteiger partial charge in [-0.25, -0.2) is 4.68 Å². The van der Waals surface area contributed by atoms with Gasteiger partial charge >= 0.3 is 0 Å². The Morgan fingerprint density at radius 2 is 2.11 bits per heavy atom. The van der Waals surface area contributed by atoms with E-state index in [0.29, 0.717) is 19.8 Å². The number of rotatable bonds is 11. The van der Waals surface area contributed by atoms with E-state index in [1.807, 2.05) is 4.68 Å². The number of hydrogen-bond acceptors (Lipinski definition) is 6. The van der Waals surface area contributed by atoms with E-state index in [1.54, 1.807) is 7.11 Å². The van der Waals surface area contributed by atoms with E-state index in [0.717, 1.165) is 38.4 Å². The average molecular weight is 257 g/mol. The molecule has 0 saturated carbocycles. The molecule has 0 saturated heterocycles. The van der Waals surface area contributed by atoms with E-state index >= 15 is 0 Å². The fourth-order valence-corrected chi connectivity index (χ4v) is 1.47. The quantitative estimate of drug-likeness (QED) is 0.572. The van der Waals surface area contributed by atoms with Crippen molar-refractivity contribution in [3.63, 3.8) is 0 Å². The van der Waals surface area contributed by atoms with Crippen LogP contribution in [0.5, 0.6) is 0 Å². The Kier molecular flexibility index (Phi) is 8.28. The fraction of sp³-hybridized carbons (Fsp3) is 0.909. The monoisotopic (exact) mass is 257 g/mol. The van der Waals surface area contributed by atoms with Crippen molar-refractivity contribution in [1.29, 1.82) is 0 Å². The van der Waals surface area contributed by atoms with Gasteiger partial charge in [0.1, 0.15) is 0 Å². The van der Waals surface area contributed by atoms with Crippen LogP contribution in [0.1, 0.15) is 25.6 Å². The first-order valence-corrected chi connectivity index (χ1v) is 6.41. The number of tetrazole rings is 1. The van der Waals surface area contributed by atoms with E-state index in [4.69, 9.17) is 9.47 Å². The highest BCUT2D eigenvalue weighted by molar-refractivity contribution is 4.79. The van der Waals surface area contributed by atoms with E-state index in [2.05, 4.69) is 27.8 Å². The number of aryl methyl sites for hydroxylation is 1. The van der Waals surface area contributed by atoms with Crippen LogP contribution in [0.3, 0.4) is 0 Å². The smallest absolute Gasteiger partial charge is 0.165 e. The van der Waals surface area contributed by atoms with Crippen molar-refractivity contribution in [3.05, 3.63) is 5.82 Å². The predicted molar refractivity (Wildman–Crippen MR) is 67.1 cm³/mol. The van der Waals surface area contributed by atoms with Crippen molar-refractivity contribution in [1.82, 2.24) is 25.5 Å². The third-order valence-corrected chi connectivity index (χ3v) is 2.48. The summed E-state index contributed by atoms with van der Waals surface area (Å²) < 4.78 is 12.1. The molecule has 18 heavy (non-hydrogen) atoms. The summed E-state index contributed by atoms with van der Waals surface area (Å²) in [5.41, 5.74) is 0. The second-order valence-electron chi connectivity index (χ2n) is 3.91. The highest BCUT2D eigenvalue weighted by Crippen LogP contribution is 1.98. The third-order valence-electron chi connectivity index (χ3n) is 2.48. The summed E-state index contributed by atoms with van der Waals surface area (Å²) in [5, 5.41) is 14.9. The molecule has 0 amide bonds. The van der Waals surface area contributed by atoms with Gasteiger partial charge in [0.05, 0.1) is 19.8 Å². The molecule has 0 aliphatic rings. The molecule has 0 aromatic carbocycles. The van der Waals surface area contributed by atoms with Gasteiger partial charge in [-0.2, -0.15) is 0 Å². The van der Waals surface area contributed by atoms with Crippen molar-refractivity contribution in [2.24, 2.45) is 0 Å². The zero-order valence-corrected chi connectivity index (χ0v) is 11.3. The minimum atomic E-state index is 0.653. The molecule has 0 atom stereocenters. The van der Waals surface area contributed by atoms with Crippen molar-refractivity contribution >= 4 is 0 Å². The molecule has 1 aromatic heterocycles. The molecule has 0 aliphatic carbocycles. The van der Waals surface area contributed by atoms with Gasteiger partial charge in [0.25, 0.3) is 0 Å². The van der Waals surface area contributed by atoms with Crippen LogP contribution in [-0.2, 0) is 22.6 Å². The molecule has 7 heteroatoms. The Morgan fingerprint density at radius 3 is 2.89 bits per heavy atom. The molecular formula is C11H23N5O2. The van der Waals surface area contributed by atoms with Gasteiger partial charge in [0.15, 0.2) is 5.82 Å². The standard InChI is InChI=1S/C11H23N5O2/c1-3-12-10-11-13-14-15-16(11)6-4-5-7-18-9-8-17-2/h12H,3-10H2,1-2H3. The Balaban J connectivity index is 2.09. The van der Waals surface area contributed by atoms with Gasteiger partial charge in [-0.15, -0.1) is 5.10 Å². The normalized spacial score (nSPS) is 11.0. The number of nitrogens with zero attached hydrogens (tertiary/aromatic N) is 4. The Morgan fingerprint density at radius 1 is 1.22 bits per heavy atom. The average Bonchev–Trinajstić information content (AvgIpc) is 2.83. The van der Waals surface area contributed by atoms with Crippen LogP contribution >= 0.6 is 0 Å². The molecular weight excluding hydrogens is 234 g/mol. The molecule has 0 spiro atoms. The lowest BCUT2D eigenvalue weighted by atomic mass is 10.3. The van der Waals surface area contributed by atoms with Crippen molar-refractivity contribution < 1.29 is 9.47 Å². The maximum absolute atomic E-state index is 5.39. The lowest BCUT2D eigenvalue weighted by molar-refractivity contribution is 0.0683. The maximum Gasteiger partial charge on any atom is 0.165 e. The number of unbranched alkanes of at least 4 members (excludes halogenated alkanes) is 1. The van der Waals surface area contributed by atoms with Crippen LogP contribution in [0.2, 0.25) is 0 Å². The minimum Gasteiger partial charge on any atom is -0.382 e. The Bertz CT molecular complexity index is 305. The fourth-order valence-electron chi connectivity index (χ4n) is 1.47. The summed E-state index contributed by atoms with van der Waals surface area (Å²) in [6.45, 7) is 6.60. The summed E-state index contributed by atoms with van der Waals surface area (Å²) in [6.07, 6.45) is 2.02. The minimum absolute atomic E-state index is 0.653. The second-order valence-corrected chi connectivity index (χ2v) is 3.91. The molecule has 0 aliphatic heterocycles. The van der Waals surface area contributed by atoms with Crippen LogP contribution in [-0.4, -0.2) is 53.7 Å². The zero-order chi connectivity index (χ0) is 13.1. The summed E-state index contributed by atoms with van der Waals surface area (Å²) in [7, 11) is 1.67. The van der Waals surface area contributed by atoms with Crippen molar-refractivity contribution in [3.8, 4) is 0 Å². The van der Waals surface area contributed by atoms with Gasteiger partial charge in [-0.1, -0.05) is 6.92 Å². The van der Waals surface area contributed by atoms with Gasteiger partial charge in [0, 0.05) is 20.3 Å². The number of nitrogens with one attached hydrogen (secondary N) is 1. The van der Waals surface area contributed by atoms with Crippen LogP contribution in [0.4, 0.5) is 0 Å². The molecule has 104 valence electrons. The SMILES string of the molecule is CCNCc1nnnn1CCCCOCCOC. The summed E-state index contributed by atoms with van der Waals surface area (Å²) >= 11 is 0. The predicted octanol–water partition coefficient (Wildman–Crippen LogP) is 0.226. The Labute approximate surface area is 108 Å². The first-order valence-electron chi connectivity index (χ1n) is 6.41. The van der Waals surface area contributed by atoms with Crippen molar-refractivity contribution in [2.75, 3.05) is 33.5 Å². The van der Waals surface area contributed by atoms with Gasteiger partial charge < -0.3 is 14.8 Å². The van der Waals surface area contributed by atoms with Crippen LogP contribution in [0, 0.1) is 0 Å². The molecule has 0 bridgehead atoms. The highest BCUT2D eigenvalue weighted by atomic mass is 16.5. The van der Waals surface area contributed by atoms with Crippen molar-refractivity contribution in [2.45, 2.75) is 32.9 Å². The molecule has 1 N–H and O–H groups in total. The van der Waals surface area contributed by atoms with Gasteiger partial charge in [-0.3, -0.25) is 0 Å². The van der Waals surface area contributed by atoms with E-state index in [9.17, 15) is 0 Å². The molecule has 1 rings (SSSR count). The summed E-state index contributed by atoms with van der Waals surface area (Å²) in [6, 6.07) is 0. The zero-order valence-electron chi connectivity index (χ0n) is 11.3. The number of aromatic nitrogens is 4. The second kappa shape index (κ2) is 9.93. The number of methoxy groups -OCH3 is 1. The number of hydrogen-bond donors (Lipinski definition) is 1. The van der Waals surface area contributed by atoms with Crippen LogP contribution in [0.25, 0.3) is 0 Å². The molecule has 1 aromatic rings. The molecule has 7 nitrogen and oxygen atoms in total. The van der Waals surface area contributed by atoms with E-state index in [-0.39, 0.29) is 0 Å². The summed E-state index contributed by atoms with van der Waals surface area (Å²) in [5.74, 6) is 0.886. The lowest BCUT2D eigenvalue weighted by Crippen LogP contribution is -2.17. The van der Waals surface area contributed by atoms with Crippen LogP contribution in [0.15, 0.2) is 0 Å². The lowest BCUT2D eigenvalue weighted by Gasteiger charge is -2.05. The number of ether oxygens (including phenoxy) is 2. The Hall–Kier alpha value is -1.05. The van der Waals surface area contributed by atoms with Gasteiger partial charge in [0.2, 0.25) is 0 Å². The molecule has 1 heterocycles.